The Balaban J connectivity index is 2.55. The summed E-state index contributed by atoms with van der Waals surface area (Å²) >= 11 is 0. The van der Waals surface area contributed by atoms with Crippen molar-refractivity contribution in [1.29, 1.82) is 0 Å². The van der Waals surface area contributed by atoms with Crippen molar-refractivity contribution in [1.82, 2.24) is 0 Å². The monoisotopic (exact) mass is 140 g/mol. The van der Waals surface area contributed by atoms with Crippen LogP contribution in [-0.2, 0) is 0 Å². The molecular formula is C9H16O. The molecule has 0 aromatic rings. The zero-order valence-corrected chi connectivity index (χ0v) is 6.64. The SMILES string of the molecule is CC[C@]1(O)C=CCCCC1. The van der Waals surface area contributed by atoms with Crippen LogP contribution in [-0.4, -0.2) is 10.7 Å². The maximum absolute atomic E-state index is 9.77. The number of hydrogen-bond acceptors (Lipinski definition) is 1. The quantitative estimate of drug-likeness (QED) is 0.554. The first-order valence-corrected chi connectivity index (χ1v) is 4.17. The third kappa shape index (κ3) is 1.84. The van der Waals surface area contributed by atoms with E-state index in [0.29, 0.717) is 0 Å². The molecule has 0 fully saturated rings. The predicted molar refractivity (Wildman–Crippen MR) is 42.8 cm³/mol. The van der Waals surface area contributed by atoms with Crippen LogP contribution in [0, 0.1) is 0 Å². The molecule has 0 aliphatic heterocycles. The molecule has 1 heteroatoms. The Morgan fingerprint density at radius 3 is 3.00 bits per heavy atom. The largest absolute Gasteiger partial charge is 0.386 e. The summed E-state index contributed by atoms with van der Waals surface area (Å²) < 4.78 is 0. The first-order valence-electron chi connectivity index (χ1n) is 4.17. The van der Waals surface area contributed by atoms with Crippen LogP contribution in [0.2, 0.25) is 0 Å². The molecule has 0 radical (unpaired) electrons. The molecule has 1 nitrogen and oxygen atoms in total. The van der Waals surface area contributed by atoms with Gasteiger partial charge in [-0.25, -0.2) is 0 Å². The summed E-state index contributed by atoms with van der Waals surface area (Å²) in [5.74, 6) is 0. The molecule has 1 atom stereocenters. The Morgan fingerprint density at radius 2 is 2.30 bits per heavy atom. The zero-order chi connectivity index (χ0) is 7.45. The molecule has 0 spiro atoms. The summed E-state index contributed by atoms with van der Waals surface area (Å²) in [6.07, 6.45) is 9.42. The van der Waals surface area contributed by atoms with Crippen LogP contribution in [0.15, 0.2) is 12.2 Å². The van der Waals surface area contributed by atoms with Gasteiger partial charge in [-0.3, -0.25) is 0 Å². The minimum atomic E-state index is -0.476. The van der Waals surface area contributed by atoms with Crippen LogP contribution < -0.4 is 0 Å². The lowest BCUT2D eigenvalue weighted by molar-refractivity contribution is 0.0767. The van der Waals surface area contributed by atoms with Gasteiger partial charge >= 0.3 is 0 Å². The fourth-order valence-corrected chi connectivity index (χ4v) is 1.37. The Hall–Kier alpha value is -0.300. The van der Waals surface area contributed by atoms with Gasteiger partial charge in [-0.1, -0.05) is 19.1 Å². The summed E-state index contributed by atoms with van der Waals surface area (Å²) in [5.41, 5.74) is -0.476. The van der Waals surface area contributed by atoms with Gasteiger partial charge in [0, 0.05) is 0 Å². The molecule has 0 heterocycles. The van der Waals surface area contributed by atoms with Crippen molar-refractivity contribution < 1.29 is 5.11 Å². The second-order valence-electron chi connectivity index (χ2n) is 3.11. The molecular weight excluding hydrogens is 124 g/mol. The van der Waals surface area contributed by atoms with Crippen LogP contribution in [0.25, 0.3) is 0 Å². The van der Waals surface area contributed by atoms with Crippen LogP contribution in [0.4, 0.5) is 0 Å². The number of rotatable bonds is 1. The third-order valence-electron chi connectivity index (χ3n) is 2.27. The topological polar surface area (TPSA) is 20.2 Å². The molecule has 1 aliphatic carbocycles. The van der Waals surface area contributed by atoms with Gasteiger partial charge in [-0.05, 0) is 32.1 Å². The number of allylic oxidation sites excluding steroid dienone is 1. The number of aliphatic hydroxyl groups is 1. The van der Waals surface area contributed by atoms with Crippen molar-refractivity contribution in [2.24, 2.45) is 0 Å². The van der Waals surface area contributed by atoms with Gasteiger partial charge in [-0.2, -0.15) is 0 Å². The summed E-state index contributed by atoms with van der Waals surface area (Å²) in [4.78, 5) is 0. The van der Waals surface area contributed by atoms with Gasteiger partial charge in [-0.15, -0.1) is 0 Å². The normalized spacial score (nSPS) is 33.8. The Morgan fingerprint density at radius 1 is 1.50 bits per heavy atom. The molecule has 58 valence electrons. The minimum Gasteiger partial charge on any atom is -0.386 e. The fourth-order valence-electron chi connectivity index (χ4n) is 1.37. The van der Waals surface area contributed by atoms with E-state index in [2.05, 4.69) is 6.08 Å². The van der Waals surface area contributed by atoms with Gasteiger partial charge < -0.3 is 5.11 Å². The van der Waals surface area contributed by atoms with Crippen molar-refractivity contribution in [3.63, 3.8) is 0 Å². The molecule has 0 aromatic heterocycles. The molecule has 0 amide bonds. The lowest BCUT2D eigenvalue weighted by atomic mass is 9.95. The first-order chi connectivity index (χ1) is 4.77. The van der Waals surface area contributed by atoms with E-state index in [4.69, 9.17) is 0 Å². The van der Waals surface area contributed by atoms with E-state index in [9.17, 15) is 5.11 Å². The lowest BCUT2D eigenvalue weighted by Gasteiger charge is -2.20. The molecule has 0 saturated heterocycles. The molecule has 1 N–H and O–H groups in total. The van der Waals surface area contributed by atoms with Crippen molar-refractivity contribution in [2.75, 3.05) is 0 Å². The van der Waals surface area contributed by atoms with Gasteiger partial charge in [0.05, 0.1) is 5.60 Å². The summed E-state index contributed by atoms with van der Waals surface area (Å²) in [7, 11) is 0. The smallest absolute Gasteiger partial charge is 0.0825 e. The molecule has 0 bridgehead atoms. The molecule has 10 heavy (non-hydrogen) atoms. The Labute approximate surface area is 62.8 Å². The minimum absolute atomic E-state index is 0.476. The first kappa shape index (κ1) is 7.80. The summed E-state index contributed by atoms with van der Waals surface area (Å²) in [5, 5.41) is 9.77. The predicted octanol–water partition coefficient (Wildman–Crippen LogP) is 2.26. The van der Waals surface area contributed by atoms with Crippen molar-refractivity contribution in [3.05, 3.63) is 12.2 Å². The highest BCUT2D eigenvalue weighted by Gasteiger charge is 2.20. The van der Waals surface area contributed by atoms with E-state index in [1.807, 2.05) is 13.0 Å². The molecule has 0 unspecified atom stereocenters. The average molecular weight is 140 g/mol. The highest BCUT2D eigenvalue weighted by molar-refractivity contribution is 5.02. The second kappa shape index (κ2) is 3.20. The van der Waals surface area contributed by atoms with Crippen LogP contribution >= 0.6 is 0 Å². The van der Waals surface area contributed by atoms with Crippen LogP contribution in [0.1, 0.15) is 39.0 Å². The summed E-state index contributed by atoms with van der Waals surface area (Å²) in [6, 6.07) is 0. The number of hydrogen-bond donors (Lipinski definition) is 1. The van der Waals surface area contributed by atoms with E-state index in [1.165, 1.54) is 6.42 Å². The van der Waals surface area contributed by atoms with Crippen LogP contribution in [0.5, 0.6) is 0 Å². The van der Waals surface area contributed by atoms with Crippen LogP contribution in [0.3, 0.4) is 0 Å². The van der Waals surface area contributed by atoms with E-state index >= 15 is 0 Å². The van der Waals surface area contributed by atoms with Crippen molar-refractivity contribution >= 4 is 0 Å². The van der Waals surface area contributed by atoms with Crippen molar-refractivity contribution in [3.8, 4) is 0 Å². The highest BCUT2D eigenvalue weighted by atomic mass is 16.3. The van der Waals surface area contributed by atoms with E-state index in [1.54, 1.807) is 0 Å². The van der Waals surface area contributed by atoms with E-state index in [-0.39, 0.29) is 0 Å². The molecule has 0 saturated carbocycles. The zero-order valence-electron chi connectivity index (χ0n) is 6.64. The lowest BCUT2D eigenvalue weighted by Crippen LogP contribution is -2.23. The van der Waals surface area contributed by atoms with Gasteiger partial charge in [0.25, 0.3) is 0 Å². The standard InChI is InChI=1S/C9H16O/c1-2-9(10)7-5-3-4-6-8-9/h5,7,10H,2-4,6,8H2,1H3/t9-/m0/s1. The second-order valence-corrected chi connectivity index (χ2v) is 3.11. The van der Waals surface area contributed by atoms with Gasteiger partial charge in [0.2, 0.25) is 0 Å². The molecule has 1 aliphatic rings. The maximum Gasteiger partial charge on any atom is 0.0825 e. The maximum atomic E-state index is 9.77. The molecule has 0 aromatic carbocycles. The third-order valence-corrected chi connectivity index (χ3v) is 2.27. The van der Waals surface area contributed by atoms with Gasteiger partial charge in [0.15, 0.2) is 0 Å². The van der Waals surface area contributed by atoms with E-state index in [0.717, 1.165) is 25.7 Å². The average Bonchev–Trinajstić information content (AvgIpc) is 2.15. The Bertz CT molecular complexity index is 129. The Kier molecular flexibility index (Phi) is 2.50. The van der Waals surface area contributed by atoms with Crippen molar-refractivity contribution in [2.45, 2.75) is 44.6 Å². The fraction of sp³-hybridized carbons (Fsp3) is 0.778. The van der Waals surface area contributed by atoms with E-state index < -0.39 is 5.60 Å². The van der Waals surface area contributed by atoms with Gasteiger partial charge in [0.1, 0.15) is 0 Å². The highest BCUT2D eigenvalue weighted by Crippen LogP contribution is 2.23. The summed E-state index contributed by atoms with van der Waals surface area (Å²) in [6.45, 7) is 2.04. The molecule has 1 rings (SSSR count).